The van der Waals surface area contributed by atoms with Crippen molar-refractivity contribution >= 4 is 12.1 Å². The molecule has 6 nitrogen and oxygen atoms in total. The van der Waals surface area contributed by atoms with Crippen molar-refractivity contribution in [2.45, 2.75) is 18.4 Å². The molecular weight excluding hydrogens is 413 g/mol. The predicted octanol–water partition coefficient (Wildman–Crippen LogP) is 4.37. The molecule has 0 radical (unpaired) electrons. The van der Waals surface area contributed by atoms with Gasteiger partial charge in [0.1, 0.15) is 12.6 Å². The first-order chi connectivity index (χ1) is 15.5. The van der Waals surface area contributed by atoms with Crippen LogP contribution in [0.5, 0.6) is 5.75 Å². The first-order valence-electron chi connectivity index (χ1n) is 10.1. The van der Waals surface area contributed by atoms with Gasteiger partial charge in [0.25, 0.3) is 0 Å². The normalized spacial score (nSPS) is 13.1. The highest BCUT2D eigenvalue weighted by Gasteiger charge is 2.29. The second kappa shape index (κ2) is 9.09. The van der Waals surface area contributed by atoms with Gasteiger partial charge in [-0.3, -0.25) is 0 Å². The van der Waals surface area contributed by atoms with Crippen LogP contribution in [0, 0.1) is 5.82 Å². The molecule has 7 heteroatoms. The molecule has 0 fully saturated rings. The number of aliphatic carboxylic acids is 1. The summed E-state index contributed by atoms with van der Waals surface area (Å²) in [6.45, 7) is 0.0799. The van der Waals surface area contributed by atoms with Gasteiger partial charge in [-0.15, -0.1) is 0 Å². The van der Waals surface area contributed by atoms with E-state index in [2.05, 4.69) is 5.32 Å². The van der Waals surface area contributed by atoms with Crippen LogP contribution in [0.25, 0.3) is 11.1 Å². The van der Waals surface area contributed by atoms with Crippen molar-refractivity contribution in [1.82, 2.24) is 5.32 Å². The molecule has 4 rings (SSSR count). The lowest BCUT2D eigenvalue weighted by Gasteiger charge is -2.18. The van der Waals surface area contributed by atoms with E-state index in [0.29, 0.717) is 5.56 Å². The van der Waals surface area contributed by atoms with Crippen LogP contribution in [-0.4, -0.2) is 36.9 Å². The van der Waals surface area contributed by atoms with E-state index in [1.807, 2.05) is 48.5 Å². The van der Waals surface area contributed by atoms with Crippen LogP contribution >= 0.6 is 0 Å². The molecule has 1 atom stereocenters. The number of ether oxygens (including phenoxy) is 2. The number of carbonyl (C=O) groups is 2. The highest BCUT2D eigenvalue weighted by Crippen LogP contribution is 2.44. The van der Waals surface area contributed by atoms with Crippen LogP contribution in [0.2, 0.25) is 0 Å². The second-order valence-corrected chi connectivity index (χ2v) is 7.53. The summed E-state index contributed by atoms with van der Waals surface area (Å²) in [6.07, 6.45) is -0.871. The van der Waals surface area contributed by atoms with Gasteiger partial charge >= 0.3 is 12.1 Å². The monoisotopic (exact) mass is 435 g/mol. The third kappa shape index (κ3) is 4.27. The molecule has 2 N–H and O–H groups in total. The Labute approximate surface area is 184 Å². The molecule has 1 aliphatic rings. The SMILES string of the molecule is COc1cc(CC(NC(=O)OCC2c3ccccc3-c3ccccc32)C(=O)O)ccc1F. The first-order valence-corrected chi connectivity index (χ1v) is 10.1. The van der Waals surface area contributed by atoms with Crippen molar-refractivity contribution < 1.29 is 28.6 Å². The minimum Gasteiger partial charge on any atom is -0.494 e. The topological polar surface area (TPSA) is 84.9 Å². The van der Waals surface area contributed by atoms with Gasteiger partial charge in [0.05, 0.1) is 7.11 Å². The summed E-state index contributed by atoms with van der Waals surface area (Å²) >= 11 is 0. The molecule has 32 heavy (non-hydrogen) atoms. The third-order valence-corrected chi connectivity index (χ3v) is 5.59. The Kier molecular flexibility index (Phi) is 6.07. The molecule has 1 unspecified atom stereocenters. The molecule has 3 aromatic carbocycles. The molecule has 1 amide bonds. The van der Waals surface area contributed by atoms with Gasteiger partial charge in [-0.1, -0.05) is 54.6 Å². The zero-order chi connectivity index (χ0) is 22.7. The van der Waals surface area contributed by atoms with Crippen LogP contribution in [0.15, 0.2) is 66.7 Å². The van der Waals surface area contributed by atoms with Crippen LogP contribution in [-0.2, 0) is 16.0 Å². The average Bonchev–Trinajstić information content (AvgIpc) is 3.12. The molecule has 164 valence electrons. The van der Waals surface area contributed by atoms with Gasteiger partial charge in [-0.2, -0.15) is 0 Å². The van der Waals surface area contributed by atoms with E-state index in [4.69, 9.17) is 9.47 Å². The lowest BCUT2D eigenvalue weighted by atomic mass is 9.98. The van der Waals surface area contributed by atoms with Gasteiger partial charge in [-0.25, -0.2) is 14.0 Å². The zero-order valence-corrected chi connectivity index (χ0v) is 17.4. The Bertz CT molecular complexity index is 1120. The lowest BCUT2D eigenvalue weighted by molar-refractivity contribution is -0.139. The van der Waals surface area contributed by atoms with E-state index in [9.17, 15) is 19.1 Å². The van der Waals surface area contributed by atoms with E-state index in [1.54, 1.807) is 0 Å². The second-order valence-electron chi connectivity index (χ2n) is 7.53. The smallest absolute Gasteiger partial charge is 0.407 e. The minimum atomic E-state index is -1.24. The van der Waals surface area contributed by atoms with Crippen molar-refractivity contribution in [2.24, 2.45) is 0 Å². The molecule has 0 heterocycles. The number of carboxylic acids is 1. The lowest BCUT2D eigenvalue weighted by Crippen LogP contribution is -2.42. The number of hydrogen-bond acceptors (Lipinski definition) is 4. The summed E-state index contributed by atoms with van der Waals surface area (Å²) in [5.41, 5.74) is 4.84. The number of nitrogens with one attached hydrogen (secondary N) is 1. The Morgan fingerprint density at radius 2 is 1.66 bits per heavy atom. The van der Waals surface area contributed by atoms with Crippen molar-refractivity contribution in [3.8, 4) is 16.9 Å². The molecule has 0 saturated heterocycles. The van der Waals surface area contributed by atoms with Crippen LogP contribution in [0.1, 0.15) is 22.6 Å². The summed E-state index contributed by atoms with van der Waals surface area (Å²) in [6, 6.07) is 18.7. The number of benzene rings is 3. The van der Waals surface area contributed by atoms with Gasteiger partial charge in [0.15, 0.2) is 11.6 Å². The molecule has 1 aliphatic carbocycles. The Balaban J connectivity index is 1.43. The summed E-state index contributed by atoms with van der Waals surface area (Å²) in [7, 11) is 1.33. The summed E-state index contributed by atoms with van der Waals surface area (Å²) < 4.78 is 24.0. The third-order valence-electron chi connectivity index (χ3n) is 5.59. The van der Waals surface area contributed by atoms with Crippen molar-refractivity contribution in [3.63, 3.8) is 0 Å². The number of hydrogen-bond donors (Lipinski definition) is 2. The number of halogens is 1. The number of methoxy groups -OCH3 is 1. The maximum atomic E-state index is 13.6. The van der Waals surface area contributed by atoms with Crippen LogP contribution in [0.4, 0.5) is 9.18 Å². The van der Waals surface area contributed by atoms with E-state index < -0.39 is 23.9 Å². The number of carbonyl (C=O) groups excluding carboxylic acids is 1. The summed E-state index contributed by atoms with van der Waals surface area (Å²) in [5, 5.41) is 11.9. The first kappa shape index (κ1) is 21.4. The molecule has 0 aromatic heterocycles. The van der Waals surface area contributed by atoms with Crippen molar-refractivity contribution in [1.29, 1.82) is 0 Å². The van der Waals surface area contributed by atoms with Gasteiger partial charge < -0.3 is 19.9 Å². The molecule has 0 bridgehead atoms. The van der Waals surface area contributed by atoms with Gasteiger partial charge in [0, 0.05) is 12.3 Å². The Morgan fingerprint density at radius 1 is 1.03 bits per heavy atom. The number of rotatable bonds is 7. The van der Waals surface area contributed by atoms with E-state index >= 15 is 0 Å². The maximum Gasteiger partial charge on any atom is 0.407 e. The summed E-state index contributed by atoms with van der Waals surface area (Å²) in [5.74, 6) is -1.89. The van der Waals surface area contributed by atoms with E-state index in [-0.39, 0.29) is 24.7 Å². The molecule has 0 saturated carbocycles. The number of alkyl carbamates (subject to hydrolysis) is 1. The van der Waals surface area contributed by atoms with Crippen molar-refractivity contribution in [2.75, 3.05) is 13.7 Å². The quantitative estimate of drug-likeness (QED) is 0.576. The van der Waals surface area contributed by atoms with Crippen molar-refractivity contribution in [3.05, 3.63) is 89.2 Å². The predicted molar refractivity (Wildman–Crippen MR) is 116 cm³/mol. The maximum absolute atomic E-state index is 13.6. The number of fused-ring (bicyclic) bond motifs is 3. The minimum absolute atomic E-state index is 0.00720. The van der Waals surface area contributed by atoms with Gasteiger partial charge in [0.2, 0.25) is 0 Å². The largest absolute Gasteiger partial charge is 0.494 e. The average molecular weight is 435 g/mol. The highest BCUT2D eigenvalue weighted by atomic mass is 19.1. The molecule has 0 spiro atoms. The zero-order valence-electron chi connectivity index (χ0n) is 17.4. The number of carboxylic acid groups (broad SMARTS) is 1. The Morgan fingerprint density at radius 3 is 2.25 bits per heavy atom. The molecule has 3 aromatic rings. The fourth-order valence-corrected chi connectivity index (χ4v) is 4.05. The van der Waals surface area contributed by atoms with E-state index in [0.717, 1.165) is 22.3 Å². The van der Waals surface area contributed by atoms with Gasteiger partial charge in [-0.05, 0) is 39.9 Å². The van der Waals surface area contributed by atoms with E-state index in [1.165, 1.54) is 25.3 Å². The Hall–Kier alpha value is -3.87. The highest BCUT2D eigenvalue weighted by molar-refractivity contribution is 5.81. The number of amides is 1. The standard InChI is InChI=1S/C25H22FNO5/c1-31-23-13-15(10-11-21(23)26)12-22(24(28)29)27-25(30)32-14-20-18-8-4-2-6-16(18)17-7-3-5-9-19(17)20/h2-11,13,20,22H,12,14H2,1H3,(H,27,30)(H,28,29). The fraction of sp³-hybridized carbons (Fsp3) is 0.200. The fourth-order valence-electron chi connectivity index (χ4n) is 4.05. The van der Waals surface area contributed by atoms with Crippen LogP contribution in [0.3, 0.4) is 0 Å². The molecule has 0 aliphatic heterocycles. The summed E-state index contributed by atoms with van der Waals surface area (Å²) in [4.78, 5) is 24.1. The molecular formula is C25H22FNO5. The van der Waals surface area contributed by atoms with Crippen LogP contribution < -0.4 is 10.1 Å².